The van der Waals surface area contributed by atoms with Gasteiger partial charge in [0.15, 0.2) is 0 Å². The van der Waals surface area contributed by atoms with Gasteiger partial charge in [-0.3, -0.25) is 4.79 Å². The van der Waals surface area contributed by atoms with Gasteiger partial charge in [-0.15, -0.1) is 0 Å². The number of hydrogen-bond donors (Lipinski definition) is 2. The van der Waals surface area contributed by atoms with Crippen molar-refractivity contribution < 1.29 is 9.21 Å². The third-order valence-electron chi connectivity index (χ3n) is 2.52. The molecule has 0 aliphatic rings. The summed E-state index contributed by atoms with van der Waals surface area (Å²) in [6.45, 7) is 4.26. The number of furan rings is 1. The minimum Gasteiger partial charge on any atom is -0.467 e. The molecule has 0 aliphatic heterocycles. The zero-order valence-corrected chi connectivity index (χ0v) is 10.4. The van der Waals surface area contributed by atoms with Crippen molar-refractivity contribution in [3.05, 3.63) is 35.9 Å². The van der Waals surface area contributed by atoms with Gasteiger partial charge in [0.25, 0.3) is 5.91 Å². The molecule has 96 valence electrons. The summed E-state index contributed by atoms with van der Waals surface area (Å²) in [6, 6.07) is 3.56. The van der Waals surface area contributed by atoms with Crippen molar-refractivity contribution in [3.63, 3.8) is 0 Å². The van der Waals surface area contributed by atoms with Gasteiger partial charge in [-0.2, -0.15) is 5.10 Å². The molecular weight excluding hydrogens is 232 g/mol. The average molecular weight is 248 g/mol. The first-order valence-corrected chi connectivity index (χ1v) is 5.74. The molecule has 0 spiro atoms. The Bertz CT molecular complexity index is 542. The first kappa shape index (κ1) is 12.4. The molecule has 1 amide bonds. The third-order valence-corrected chi connectivity index (χ3v) is 2.52. The van der Waals surface area contributed by atoms with Gasteiger partial charge in [-0.25, -0.2) is 4.68 Å². The summed E-state index contributed by atoms with van der Waals surface area (Å²) >= 11 is 0. The Morgan fingerprint density at radius 3 is 3.00 bits per heavy atom. The molecule has 0 bridgehead atoms. The van der Waals surface area contributed by atoms with Crippen LogP contribution in [0.15, 0.2) is 29.0 Å². The van der Waals surface area contributed by atoms with Crippen molar-refractivity contribution in [1.29, 1.82) is 0 Å². The van der Waals surface area contributed by atoms with Crippen molar-refractivity contribution in [2.75, 3.05) is 5.32 Å². The van der Waals surface area contributed by atoms with E-state index >= 15 is 0 Å². The average Bonchev–Trinajstić information content (AvgIpc) is 2.96. The first-order chi connectivity index (χ1) is 8.61. The van der Waals surface area contributed by atoms with E-state index in [0.717, 1.165) is 0 Å². The fourth-order valence-electron chi connectivity index (χ4n) is 1.62. The van der Waals surface area contributed by atoms with E-state index in [1.807, 2.05) is 13.8 Å². The molecule has 0 unspecified atom stereocenters. The molecule has 6 heteroatoms. The number of aromatic nitrogens is 2. The Kier molecular flexibility index (Phi) is 3.47. The Morgan fingerprint density at radius 2 is 2.39 bits per heavy atom. The van der Waals surface area contributed by atoms with Gasteiger partial charge in [0.05, 0.1) is 18.3 Å². The minimum absolute atomic E-state index is 0.180. The number of nitrogens with two attached hydrogens (primary N) is 1. The van der Waals surface area contributed by atoms with E-state index in [2.05, 4.69) is 10.4 Å². The second-order valence-corrected chi connectivity index (χ2v) is 4.21. The molecule has 0 aromatic carbocycles. The van der Waals surface area contributed by atoms with Gasteiger partial charge in [0, 0.05) is 12.1 Å². The van der Waals surface area contributed by atoms with Crippen molar-refractivity contribution in [2.45, 2.75) is 26.4 Å². The lowest BCUT2D eigenvalue weighted by atomic mass is 10.3. The second-order valence-electron chi connectivity index (χ2n) is 4.21. The van der Waals surface area contributed by atoms with Crippen LogP contribution in [0, 0.1) is 0 Å². The van der Waals surface area contributed by atoms with Crippen LogP contribution < -0.4 is 11.1 Å². The number of carbonyl (C=O) groups is 1. The van der Waals surface area contributed by atoms with Crippen molar-refractivity contribution in [3.8, 4) is 0 Å². The van der Waals surface area contributed by atoms with E-state index in [1.54, 1.807) is 23.0 Å². The zero-order valence-electron chi connectivity index (χ0n) is 10.4. The highest BCUT2D eigenvalue weighted by Gasteiger charge is 2.13. The summed E-state index contributed by atoms with van der Waals surface area (Å²) in [5.74, 6) is 1.00. The van der Waals surface area contributed by atoms with Gasteiger partial charge >= 0.3 is 0 Å². The van der Waals surface area contributed by atoms with Gasteiger partial charge in [0.2, 0.25) is 0 Å². The number of anilines is 1. The number of carbonyl (C=O) groups excluding carboxylic acids is 1. The lowest BCUT2D eigenvalue weighted by Gasteiger charge is -2.10. The molecule has 0 aliphatic carbocycles. The molecular formula is C12H16N4O2. The highest BCUT2D eigenvalue weighted by atomic mass is 16.3. The molecule has 2 aromatic heterocycles. The number of rotatable bonds is 4. The molecule has 0 saturated heterocycles. The molecule has 2 rings (SSSR count). The van der Waals surface area contributed by atoms with Gasteiger partial charge < -0.3 is 15.5 Å². The second kappa shape index (κ2) is 5.05. The smallest absolute Gasteiger partial charge is 0.260 e. The summed E-state index contributed by atoms with van der Waals surface area (Å²) in [6.07, 6.45) is 3.05. The SMILES string of the molecule is CC(C)n1nccc1NC(=O)c1coc(CN)c1. The van der Waals surface area contributed by atoms with Crippen molar-refractivity contribution in [2.24, 2.45) is 5.73 Å². The number of hydrogen-bond acceptors (Lipinski definition) is 4. The summed E-state index contributed by atoms with van der Waals surface area (Å²) in [5, 5.41) is 6.93. The van der Waals surface area contributed by atoms with Crippen LogP contribution >= 0.6 is 0 Å². The molecule has 0 atom stereocenters. The summed E-state index contributed by atoms with van der Waals surface area (Å²) < 4.78 is 6.86. The van der Waals surface area contributed by atoms with E-state index in [-0.39, 0.29) is 18.5 Å². The summed E-state index contributed by atoms with van der Waals surface area (Å²) in [5.41, 5.74) is 5.87. The minimum atomic E-state index is -0.235. The van der Waals surface area contributed by atoms with Crippen molar-refractivity contribution in [1.82, 2.24) is 9.78 Å². The fourth-order valence-corrected chi connectivity index (χ4v) is 1.62. The highest BCUT2D eigenvalue weighted by Crippen LogP contribution is 2.15. The maximum Gasteiger partial charge on any atom is 0.260 e. The van der Waals surface area contributed by atoms with E-state index in [9.17, 15) is 4.79 Å². The lowest BCUT2D eigenvalue weighted by molar-refractivity contribution is 0.102. The van der Waals surface area contributed by atoms with E-state index in [1.165, 1.54) is 6.26 Å². The monoisotopic (exact) mass is 248 g/mol. The summed E-state index contributed by atoms with van der Waals surface area (Å²) in [7, 11) is 0. The first-order valence-electron chi connectivity index (χ1n) is 5.74. The van der Waals surface area contributed by atoms with Crippen LogP contribution in [0.1, 0.15) is 36.0 Å². The molecule has 6 nitrogen and oxygen atoms in total. The molecule has 2 heterocycles. The third kappa shape index (κ3) is 2.43. The highest BCUT2D eigenvalue weighted by molar-refractivity contribution is 6.03. The maximum absolute atomic E-state index is 12.0. The fraction of sp³-hybridized carbons (Fsp3) is 0.333. The Hall–Kier alpha value is -2.08. The zero-order chi connectivity index (χ0) is 13.1. The number of nitrogens with zero attached hydrogens (tertiary/aromatic N) is 2. The van der Waals surface area contributed by atoms with Crippen LogP contribution in [0.4, 0.5) is 5.82 Å². The van der Waals surface area contributed by atoms with Gasteiger partial charge in [0.1, 0.15) is 17.8 Å². The predicted octanol–water partition coefficient (Wildman–Crippen LogP) is 1.77. The Balaban J connectivity index is 2.13. The van der Waals surface area contributed by atoms with Crippen LogP contribution in [0.25, 0.3) is 0 Å². The van der Waals surface area contributed by atoms with Crippen LogP contribution in [0.3, 0.4) is 0 Å². The largest absolute Gasteiger partial charge is 0.467 e. The van der Waals surface area contributed by atoms with Crippen molar-refractivity contribution >= 4 is 11.7 Å². The van der Waals surface area contributed by atoms with E-state index in [0.29, 0.717) is 17.1 Å². The lowest BCUT2D eigenvalue weighted by Crippen LogP contribution is -2.16. The van der Waals surface area contributed by atoms with E-state index in [4.69, 9.17) is 10.2 Å². The Morgan fingerprint density at radius 1 is 1.61 bits per heavy atom. The van der Waals surface area contributed by atoms with Crippen LogP contribution in [0.5, 0.6) is 0 Å². The maximum atomic E-state index is 12.0. The van der Waals surface area contributed by atoms with Crippen LogP contribution in [-0.4, -0.2) is 15.7 Å². The standard InChI is InChI=1S/C12H16N4O2/c1-8(2)16-11(3-4-14-16)15-12(17)9-5-10(6-13)18-7-9/h3-5,7-8H,6,13H2,1-2H3,(H,15,17). The molecule has 0 saturated carbocycles. The molecule has 0 radical (unpaired) electrons. The molecule has 3 N–H and O–H groups in total. The van der Waals surface area contributed by atoms with Crippen LogP contribution in [-0.2, 0) is 6.54 Å². The molecule has 2 aromatic rings. The van der Waals surface area contributed by atoms with Crippen LogP contribution in [0.2, 0.25) is 0 Å². The Labute approximate surface area is 105 Å². The quantitative estimate of drug-likeness (QED) is 0.863. The molecule has 0 fully saturated rings. The number of amides is 1. The topological polar surface area (TPSA) is 86.1 Å². The van der Waals surface area contributed by atoms with E-state index < -0.39 is 0 Å². The normalized spacial score (nSPS) is 10.9. The molecule has 18 heavy (non-hydrogen) atoms. The van der Waals surface area contributed by atoms with Gasteiger partial charge in [-0.05, 0) is 19.9 Å². The summed E-state index contributed by atoms with van der Waals surface area (Å²) in [4.78, 5) is 12.0. The van der Waals surface area contributed by atoms with Gasteiger partial charge in [-0.1, -0.05) is 0 Å². The predicted molar refractivity (Wildman–Crippen MR) is 67.2 cm³/mol. The number of nitrogens with one attached hydrogen (secondary N) is 1.